The molecule has 0 saturated carbocycles. The third-order valence-electron chi connectivity index (χ3n) is 6.21. The molecule has 0 fully saturated rings. The van der Waals surface area contributed by atoms with E-state index in [1.807, 2.05) is 64.2 Å². The molecule has 0 bridgehead atoms. The summed E-state index contributed by atoms with van der Waals surface area (Å²) in [5.74, 6) is 2.20. The lowest BCUT2D eigenvalue weighted by Gasteiger charge is -2.30. The first kappa shape index (κ1) is 24.1. The molecular formula is C27H27N7O3S. The normalized spacial score (nSPS) is 13.5. The predicted molar refractivity (Wildman–Crippen MR) is 145 cm³/mol. The van der Waals surface area contributed by atoms with Gasteiger partial charge in [0.2, 0.25) is 0 Å². The molecule has 0 saturated heterocycles. The third kappa shape index (κ3) is 4.72. The molecule has 4 aromatic heterocycles. The van der Waals surface area contributed by atoms with E-state index >= 15 is 0 Å². The third-order valence-corrected chi connectivity index (χ3v) is 7.33. The van der Waals surface area contributed by atoms with Gasteiger partial charge in [-0.05, 0) is 69.5 Å². The van der Waals surface area contributed by atoms with Crippen LogP contribution in [0.2, 0.25) is 0 Å². The lowest BCUT2D eigenvalue weighted by atomic mass is 10.1. The molecule has 38 heavy (non-hydrogen) atoms. The number of carbonyl (C=O) groups is 1. The number of nitrogens with one attached hydrogen (secondary N) is 1. The van der Waals surface area contributed by atoms with Crippen LogP contribution in [-0.4, -0.2) is 47.7 Å². The first-order chi connectivity index (χ1) is 18.2. The molecule has 11 heteroatoms. The molecule has 10 nitrogen and oxygen atoms in total. The van der Waals surface area contributed by atoms with E-state index in [0.717, 1.165) is 50.0 Å². The Kier molecular flexibility index (Phi) is 5.87. The summed E-state index contributed by atoms with van der Waals surface area (Å²) >= 11 is 1.60. The number of carbonyl (C=O) groups excluding carboxylic acids is 1. The molecule has 0 spiro atoms. The van der Waals surface area contributed by atoms with Crippen molar-refractivity contribution in [1.29, 1.82) is 0 Å². The van der Waals surface area contributed by atoms with Crippen LogP contribution in [-0.2, 0) is 17.7 Å². The molecule has 0 atom stereocenters. The largest absolute Gasteiger partial charge is 0.457 e. The maximum Gasteiger partial charge on any atom is 0.410 e. The number of hydrogen-bond acceptors (Lipinski definition) is 9. The highest BCUT2D eigenvalue weighted by Crippen LogP contribution is 2.39. The summed E-state index contributed by atoms with van der Waals surface area (Å²) in [7, 11) is 0. The van der Waals surface area contributed by atoms with Gasteiger partial charge in [-0.3, -0.25) is 0 Å². The van der Waals surface area contributed by atoms with Crippen molar-refractivity contribution in [1.82, 2.24) is 29.5 Å². The molecule has 0 radical (unpaired) electrons. The van der Waals surface area contributed by atoms with Crippen molar-refractivity contribution < 1.29 is 14.3 Å². The fraction of sp³-hybridized carbons (Fsp3) is 0.296. The quantitative estimate of drug-likeness (QED) is 0.308. The van der Waals surface area contributed by atoms with Crippen molar-refractivity contribution in [2.75, 3.05) is 11.9 Å². The van der Waals surface area contributed by atoms with Crippen LogP contribution in [0.5, 0.6) is 11.5 Å². The number of aryl methyl sites for hydroxylation is 1. The first-order valence-corrected chi connectivity index (χ1v) is 13.1. The lowest BCUT2D eigenvalue weighted by Crippen LogP contribution is -2.39. The topological polar surface area (TPSA) is 107 Å². The van der Waals surface area contributed by atoms with Crippen LogP contribution in [0.15, 0.2) is 49.2 Å². The van der Waals surface area contributed by atoms with Crippen LogP contribution in [0.4, 0.5) is 16.3 Å². The predicted octanol–water partition coefficient (Wildman–Crippen LogP) is 5.87. The second-order valence-corrected chi connectivity index (χ2v) is 11.3. The van der Waals surface area contributed by atoms with Gasteiger partial charge >= 0.3 is 6.09 Å². The van der Waals surface area contributed by atoms with E-state index in [9.17, 15) is 4.79 Å². The smallest absolute Gasteiger partial charge is 0.410 e. The minimum Gasteiger partial charge on any atom is -0.457 e. The summed E-state index contributed by atoms with van der Waals surface area (Å²) in [5, 5.41) is 8.60. The number of pyridine rings is 1. The number of rotatable bonds is 4. The van der Waals surface area contributed by atoms with Gasteiger partial charge in [0.05, 0.1) is 11.9 Å². The van der Waals surface area contributed by atoms with Gasteiger partial charge in [0.25, 0.3) is 0 Å². The Hall–Kier alpha value is -4.25. The number of hydrogen-bond donors (Lipinski definition) is 1. The minimum atomic E-state index is -0.524. The lowest BCUT2D eigenvalue weighted by molar-refractivity contribution is 0.0227. The maximum atomic E-state index is 12.6. The summed E-state index contributed by atoms with van der Waals surface area (Å²) in [4.78, 5) is 29.7. The number of fused-ring (bicyclic) bond motifs is 4. The zero-order valence-electron chi connectivity index (χ0n) is 21.6. The number of benzene rings is 1. The molecule has 1 N–H and O–H groups in total. The zero-order chi connectivity index (χ0) is 26.4. The Balaban J connectivity index is 1.22. The Morgan fingerprint density at radius 2 is 1.97 bits per heavy atom. The summed E-state index contributed by atoms with van der Waals surface area (Å²) < 4.78 is 13.4. The molecule has 0 unspecified atom stereocenters. The molecule has 0 aliphatic carbocycles. The Morgan fingerprint density at radius 3 is 2.79 bits per heavy atom. The van der Waals surface area contributed by atoms with E-state index < -0.39 is 5.60 Å². The van der Waals surface area contributed by atoms with Crippen molar-refractivity contribution in [3.05, 3.63) is 65.2 Å². The Morgan fingerprint density at radius 1 is 1.11 bits per heavy atom. The summed E-state index contributed by atoms with van der Waals surface area (Å²) in [5.41, 5.74) is 3.26. The molecule has 1 amide bonds. The first-order valence-electron chi connectivity index (χ1n) is 12.3. The highest BCUT2D eigenvalue weighted by atomic mass is 32.1. The van der Waals surface area contributed by atoms with Gasteiger partial charge in [0.15, 0.2) is 5.65 Å². The fourth-order valence-electron chi connectivity index (χ4n) is 4.47. The van der Waals surface area contributed by atoms with Gasteiger partial charge in [-0.15, -0.1) is 11.3 Å². The van der Waals surface area contributed by atoms with Gasteiger partial charge in [-0.2, -0.15) is 5.10 Å². The molecule has 194 valence electrons. The highest BCUT2D eigenvalue weighted by molar-refractivity contribution is 7.19. The van der Waals surface area contributed by atoms with E-state index in [2.05, 4.69) is 25.4 Å². The fourth-order valence-corrected chi connectivity index (χ4v) is 5.67. The zero-order valence-corrected chi connectivity index (χ0v) is 22.4. The van der Waals surface area contributed by atoms with Crippen LogP contribution < -0.4 is 10.1 Å². The molecule has 1 aromatic carbocycles. The molecule has 1 aliphatic heterocycles. The van der Waals surface area contributed by atoms with Gasteiger partial charge < -0.3 is 19.7 Å². The maximum absolute atomic E-state index is 12.6. The van der Waals surface area contributed by atoms with Crippen LogP contribution in [0, 0.1) is 6.92 Å². The second kappa shape index (κ2) is 9.25. The molecule has 1 aliphatic rings. The number of thiophene rings is 1. The van der Waals surface area contributed by atoms with E-state index in [-0.39, 0.29) is 6.09 Å². The number of aromatic nitrogens is 5. The van der Waals surface area contributed by atoms with Crippen LogP contribution in [0.25, 0.3) is 15.9 Å². The number of amides is 1. The van der Waals surface area contributed by atoms with Crippen LogP contribution in [0.1, 0.15) is 36.8 Å². The summed E-state index contributed by atoms with van der Waals surface area (Å²) in [6.45, 7) is 8.75. The van der Waals surface area contributed by atoms with Crippen molar-refractivity contribution in [3.8, 4) is 11.5 Å². The van der Waals surface area contributed by atoms with Gasteiger partial charge in [-0.25, -0.2) is 24.3 Å². The van der Waals surface area contributed by atoms with Gasteiger partial charge in [-0.1, -0.05) is 0 Å². The monoisotopic (exact) mass is 529 g/mol. The molecular weight excluding hydrogens is 502 g/mol. The summed E-state index contributed by atoms with van der Waals surface area (Å²) in [6, 6.07) is 9.64. The van der Waals surface area contributed by atoms with Crippen molar-refractivity contribution in [3.63, 3.8) is 0 Å². The van der Waals surface area contributed by atoms with E-state index in [1.165, 1.54) is 11.9 Å². The van der Waals surface area contributed by atoms with Crippen molar-refractivity contribution in [2.24, 2.45) is 0 Å². The number of nitrogens with zero attached hydrogens (tertiary/aromatic N) is 6. The van der Waals surface area contributed by atoms with Crippen LogP contribution in [0.3, 0.4) is 0 Å². The summed E-state index contributed by atoms with van der Waals surface area (Å²) in [6.07, 6.45) is 5.33. The van der Waals surface area contributed by atoms with Gasteiger partial charge in [0, 0.05) is 29.4 Å². The highest BCUT2D eigenvalue weighted by Gasteiger charge is 2.29. The standard InChI is InChI=1S/C27H27N7O3S/c1-16-11-17(5-6-20(16)36-18-7-10-34-22(12-18)28-15-31-34)32-24-23-19-8-9-33(26(35)37-27(2,3)4)13-21(19)38-25(23)30-14-29-24/h5-7,10-12,14-15H,8-9,13H2,1-4H3,(H,29,30,32). The van der Waals surface area contributed by atoms with Crippen molar-refractivity contribution >= 4 is 44.8 Å². The minimum absolute atomic E-state index is 0.288. The molecule has 5 aromatic rings. The Bertz CT molecular complexity index is 1670. The SMILES string of the molecule is Cc1cc(Nc2ncnc3sc4c(c23)CCN(C(=O)OC(C)(C)C)C4)ccc1Oc1ccn2ncnc2c1. The van der Waals surface area contributed by atoms with Gasteiger partial charge in [0.1, 0.15) is 40.4 Å². The number of anilines is 2. The Labute approximate surface area is 223 Å². The molecule has 6 rings (SSSR count). The average Bonchev–Trinajstić information content (AvgIpc) is 3.48. The van der Waals surface area contributed by atoms with Crippen molar-refractivity contribution in [2.45, 2.75) is 46.3 Å². The second-order valence-electron chi connectivity index (χ2n) is 10.2. The average molecular weight is 530 g/mol. The number of ether oxygens (including phenoxy) is 2. The van der Waals surface area contributed by atoms with E-state index in [4.69, 9.17) is 9.47 Å². The molecule has 5 heterocycles. The van der Waals surface area contributed by atoms with Crippen LogP contribution >= 0.6 is 11.3 Å². The van der Waals surface area contributed by atoms with E-state index in [0.29, 0.717) is 18.8 Å². The van der Waals surface area contributed by atoms with E-state index in [1.54, 1.807) is 27.1 Å².